The molecule has 0 saturated heterocycles. The Kier molecular flexibility index (Phi) is 5.69. The monoisotopic (exact) mass is 513 g/mol. The van der Waals surface area contributed by atoms with Crippen LogP contribution in [0.5, 0.6) is 0 Å². The zero-order chi connectivity index (χ0) is 27.1. The molecule has 0 spiro atoms. The molecule has 0 bridgehead atoms. The zero-order valence-electron chi connectivity index (χ0n) is 20.3. The Hall–Kier alpha value is -5.63. The van der Waals surface area contributed by atoms with Crippen LogP contribution in [0.15, 0.2) is 103 Å². The summed E-state index contributed by atoms with van der Waals surface area (Å²) in [5.41, 5.74) is 2.19. The lowest BCUT2D eigenvalue weighted by molar-refractivity contribution is -0.111. The van der Waals surface area contributed by atoms with Crippen LogP contribution in [0.1, 0.15) is 47.0 Å². The summed E-state index contributed by atoms with van der Waals surface area (Å²) in [6.07, 6.45) is 2.97. The summed E-state index contributed by atoms with van der Waals surface area (Å²) < 4.78 is 0. The number of carbonyl (C=O) groups is 5. The number of nitrogens with zero attached hydrogens (tertiary/aromatic N) is 2. The third-order valence-electron chi connectivity index (χ3n) is 6.50. The molecule has 0 aromatic heterocycles. The van der Waals surface area contributed by atoms with E-state index in [4.69, 9.17) is 0 Å². The molecular formula is C31H19N3O5. The molecule has 188 valence electrons. The Labute approximate surface area is 222 Å². The van der Waals surface area contributed by atoms with Crippen molar-refractivity contribution >= 4 is 52.7 Å². The molecule has 1 N–H and O–H groups in total. The lowest BCUT2D eigenvalue weighted by Crippen LogP contribution is -2.32. The van der Waals surface area contributed by atoms with E-state index >= 15 is 0 Å². The highest BCUT2D eigenvalue weighted by molar-refractivity contribution is 6.36. The lowest BCUT2D eigenvalue weighted by atomic mass is 10.1. The number of fused-ring (bicyclic) bond motifs is 2. The van der Waals surface area contributed by atoms with Gasteiger partial charge in [0, 0.05) is 11.8 Å². The van der Waals surface area contributed by atoms with Gasteiger partial charge in [0.2, 0.25) is 5.91 Å². The number of imide groups is 2. The van der Waals surface area contributed by atoms with Gasteiger partial charge in [-0.3, -0.25) is 24.0 Å². The fraction of sp³-hybridized carbons (Fsp3) is 0. The molecule has 0 atom stereocenters. The summed E-state index contributed by atoms with van der Waals surface area (Å²) in [5, 5.41) is 2.72. The molecule has 0 fully saturated rings. The van der Waals surface area contributed by atoms with Crippen molar-refractivity contribution < 1.29 is 24.0 Å². The van der Waals surface area contributed by atoms with Gasteiger partial charge in [0.25, 0.3) is 23.6 Å². The van der Waals surface area contributed by atoms with E-state index in [0.717, 1.165) is 15.4 Å². The Morgan fingerprint density at radius 1 is 0.564 bits per heavy atom. The van der Waals surface area contributed by atoms with E-state index in [1.165, 1.54) is 24.3 Å². The Bertz CT molecular complexity index is 1580. The predicted octanol–water partition coefficient (Wildman–Crippen LogP) is 4.94. The maximum Gasteiger partial charge on any atom is 0.266 e. The van der Waals surface area contributed by atoms with Crippen molar-refractivity contribution in [3.05, 3.63) is 131 Å². The summed E-state index contributed by atoms with van der Waals surface area (Å²) >= 11 is 0. The highest BCUT2D eigenvalue weighted by atomic mass is 16.2. The van der Waals surface area contributed by atoms with Crippen molar-refractivity contribution in [3.8, 4) is 0 Å². The van der Waals surface area contributed by atoms with Gasteiger partial charge in [-0.2, -0.15) is 0 Å². The second-order valence-corrected chi connectivity index (χ2v) is 8.95. The van der Waals surface area contributed by atoms with E-state index < -0.39 is 29.5 Å². The molecule has 0 saturated carbocycles. The summed E-state index contributed by atoms with van der Waals surface area (Å²) in [4.78, 5) is 67.5. The minimum atomic E-state index is -0.545. The van der Waals surface area contributed by atoms with E-state index in [0.29, 0.717) is 0 Å². The number of amides is 5. The van der Waals surface area contributed by atoms with Gasteiger partial charge < -0.3 is 5.32 Å². The average Bonchev–Trinajstić information content (AvgIpc) is 3.37. The number of benzene rings is 4. The summed E-state index contributed by atoms with van der Waals surface area (Å²) in [5.74, 6) is -2.66. The van der Waals surface area contributed by atoms with Crippen molar-refractivity contribution in [1.82, 2.24) is 0 Å². The molecule has 2 aliphatic heterocycles. The quantitative estimate of drug-likeness (QED) is 0.301. The number of hydrogen-bond acceptors (Lipinski definition) is 5. The fourth-order valence-corrected chi connectivity index (χ4v) is 4.69. The molecule has 4 aromatic carbocycles. The molecule has 6 rings (SSSR count). The van der Waals surface area contributed by atoms with Gasteiger partial charge in [-0.1, -0.05) is 54.6 Å². The van der Waals surface area contributed by atoms with E-state index in [9.17, 15) is 24.0 Å². The lowest BCUT2D eigenvalue weighted by Gasteiger charge is -2.20. The van der Waals surface area contributed by atoms with Crippen molar-refractivity contribution in [1.29, 1.82) is 0 Å². The minimum absolute atomic E-state index is 0.109. The van der Waals surface area contributed by atoms with Crippen LogP contribution >= 0.6 is 0 Å². The summed E-state index contributed by atoms with van der Waals surface area (Å²) in [6.45, 7) is 0. The topological polar surface area (TPSA) is 104 Å². The van der Waals surface area contributed by atoms with Crippen molar-refractivity contribution in [3.63, 3.8) is 0 Å². The molecule has 5 amide bonds. The van der Waals surface area contributed by atoms with Crippen molar-refractivity contribution in [2.75, 3.05) is 15.1 Å². The SMILES string of the molecule is O=C(/C=C/c1ccccc1)Nc1cc(N2C(=O)c3ccccc3C2=O)cc(N2C(=O)c3ccccc3C2=O)c1. The van der Waals surface area contributed by atoms with E-state index in [1.807, 2.05) is 30.3 Å². The van der Waals surface area contributed by atoms with Crippen LogP contribution in [0.2, 0.25) is 0 Å². The van der Waals surface area contributed by atoms with Crippen LogP contribution < -0.4 is 15.1 Å². The zero-order valence-corrected chi connectivity index (χ0v) is 20.3. The highest BCUT2D eigenvalue weighted by Crippen LogP contribution is 2.36. The number of rotatable bonds is 5. The van der Waals surface area contributed by atoms with Gasteiger partial charge in [-0.25, -0.2) is 9.80 Å². The Balaban J connectivity index is 1.40. The first kappa shape index (κ1) is 23.7. The first-order valence-electron chi connectivity index (χ1n) is 12.1. The van der Waals surface area contributed by atoms with Gasteiger partial charge in [-0.15, -0.1) is 0 Å². The van der Waals surface area contributed by atoms with Gasteiger partial charge in [0.1, 0.15) is 0 Å². The minimum Gasteiger partial charge on any atom is -0.322 e. The maximum atomic E-state index is 13.2. The standard InChI is InChI=1S/C31H19N3O5/c35-27(15-14-19-8-2-1-3-9-19)32-20-16-21(33-28(36)23-10-4-5-11-24(23)29(33)37)18-22(17-20)34-30(38)25-12-6-7-13-26(25)31(34)39/h1-18H,(H,32,35)/b15-14+. The van der Waals surface area contributed by atoms with Crippen LogP contribution in [0.4, 0.5) is 17.1 Å². The molecule has 39 heavy (non-hydrogen) atoms. The van der Waals surface area contributed by atoms with Crippen LogP contribution in [0.3, 0.4) is 0 Å². The third-order valence-corrected chi connectivity index (χ3v) is 6.50. The van der Waals surface area contributed by atoms with Crippen molar-refractivity contribution in [2.24, 2.45) is 0 Å². The number of anilines is 3. The Morgan fingerprint density at radius 3 is 1.41 bits per heavy atom. The second kappa shape index (κ2) is 9.35. The first-order chi connectivity index (χ1) is 18.9. The maximum absolute atomic E-state index is 13.2. The predicted molar refractivity (Wildman–Crippen MR) is 146 cm³/mol. The molecule has 8 heteroatoms. The molecule has 2 heterocycles. The molecule has 0 unspecified atom stereocenters. The van der Waals surface area contributed by atoms with Crippen LogP contribution in [-0.2, 0) is 4.79 Å². The normalized spacial score (nSPS) is 14.3. The molecule has 4 aromatic rings. The number of carbonyl (C=O) groups excluding carboxylic acids is 5. The highest BCUT2D eigenvalue weighted by Gasteiger charge is 2.39. The smallest absolute Gasteiger partial charge is 0.266 e. The largest absolute Gasteiger partial charge is 0.322 e. The number of nitrogens with one attached hydrogen (secondary N) is 1. The number of hydrogen-bond donors (Lipinski definition) is 1. The van der Waals surface area contributed by atoms with E-state index in [-0.39, 0.29) is 39.3 Å². The van der Waals surface area contributed by atoms with Gasteiger partial charge in [-0.05, 0) is 54.1 Å². The summed E-state index contributed by atoms with van der Waals surface area (Å²) in [7, 11) is 0. The fourth-order valence-electron chi connectivity index (χ4n) is 4.69. The molecule has 8 nitrogen and oxygen atoms in total. The summed E-state index contributed by atoms with van der Waals surface area (Å²) in [6, 6.07) is 26.4. The second-order valence-electron chi connectivity index (χ2n) is 8.95. The van der Waals surface area contributed by atoms with Gasteiger partial charge in [0.05, 0.1) is 33.6 Å². The average molecular weight is 514 g/mol. The third kappa shape index (κ3) is 4.10. The van der Waals surface area contributed by atoms with Crippen LogP contribution in [0, 0.1) is 0 Å². The van der Waals surface area contributed by atoms with Crippen LogP contribution in [-0.4, -0.2) is 29.5 Å². The van der Waals surface area contributed by atoms with E-state index in [1.54, 1.807) is 54.6 Å². The van der Waals surface area contributed by atoms with Crippen molar-refractivity contribution in [2.45, 2.75) is 0 Å². The molecular weight excluding hydrogens is 494 g/mol. The first-order valence-corrected chi connectivity index (χ1v) is 12.1. The van der Waals surface area contributed by atoms with E-state index in [2.05, 4.69) is 5.32 Å². The Morgan fingerprint density at radius 2 is 0.974 bits per heavy atom. The molecule has 2 aliphatic rings. The van der Waals surface area contributed by atoms with Gasteiger partial charge in [0.15, 0.2) is 0 Å². The van der Waals surface area contributed by atoms with Crippen LogP contribution in [0.25, 0.3) is 6.08 Å². The molecule has 0 radical (unpaired) electrons. The van der Waals surface area contributed by atoms with Gasteiger partial charge >= 0.3 is 0 Å². The molecule has 0 aliphatic carbocycles.